The lowest BCUT2D eigenvalue weighted by Gasteiger charge is -2.31. The van der Waals surface area contributed by atoms with E-state index in [1.165, 1.54) is 11.3 Å². The maximum Gasteiger partial charge on any atom is 0.471 e. The second kappa shape index (κ2) is 6.51. The highest BCUT2D eigenvalue weighted by Gasteiger charge is 2.43. The monoisotopic (exact) mass is 336 g/mol. The van der Waals surface area contributed by atoms with E-state index in [1.54, 1.807) is 5.38 Å². The molecule has 2 heterocycles. The van der Waals surface area contributed by atoms with Crippen molar-refractivity contribution in [3.8, 4) is 0 Å². The van der Waals surface area contributed by atoms with Gasteiger partial charge in [-0.05, 0) is 12.8 Å². The summed E-state index contributed by atoms with van der Waals surface area (Å²) in [6, 6.07) is 0. The summed E-state index contributed by atoms with van der Waals surface area (Å²) in [4.78, 5) is 27.8. The van der Waals surface area contributed by atoms with Crippen LogP contribution in [0.1, 0.15) is 18.5 Å². The number of aromatic nitrogens is 1. The first kappa shape index (κ1) is 16.5. The normalized spacial score (nSPS) is 16.6. The van der Waals surface area contributed by atoms with Crippen LogP contribution in [0.4, 0.5) is 18.3 Å². The molecule has 0 aromatic carbocycles. The molecule has 0 radical (unpaired) electrons. The van der Waals surface area contributed by atoms with Gasteiger partial charge in [-0.1, -0.05) is 0 Å². The second-order valence-corrected chi connectivity index (χ2v) is 5.85. The maximum absolute atomic E-state index is 12.3. The third-order valence-electron chi connectivity index (χ3n) is 3.41. The first-order valence-electron chi connectivity index (χ1n) is 6.61. The van der Waals surface area contributed by atoms with Crippen LogP contribution in [0.3, 0.4) is 0 Å². The summed E-state index contributed by atoms with van der Waals surface area (Å²) in [5.74, 6) is -2.48. The average molecular weight is 336 g/mol. The highest BCUT2D eigenvalue weighted by Crippen LogP contribution is 2.24. The topological polar surface area (TPSA) is 88.3 Å². The Labute approximate surface area is 128 Å². The lowest BCUT2D eigenvalue weighted by Crippen LogP contribution is -2.47. The molecular formula is C12H15F3N4O2S. The molecule has 6 nitrogen and oxygen atoms in total. The van der Waals surface area contributed by atoms with Gasteiger partial charge in [0.25, 0.3) is 0 Å². The summed E-state index contributed by atoms with van der Waals surface area (Å²) >= 11 is 1.26. The summed E-state index contributed by atoms with van der Waals surface area (Å²) < 4.78 is 36.9. The summed E-state index contributed by atoms with van der Waals surface area (Å²) in [6.07, 6.45) is -4.43. The van der Waals surface area contributed by atoms with Crippen LogP contribution in [0.5, 0.6) is 0 Å². The van der Waals surface area contributed by atoms with Gasteiger partial charge < -0.3 is 16.0 Å². The largest absolute Gasteiger partial charge is 0.471 e. The van der Waals surface area contributed by atoms with Gasteiger partial charge in [-0.15, -0.1) is 11.3 Å². The Hall–Kier alpha value is -1.84. The van der Waals surface area contributed by atoms with E-state index in [2.05, 4.69) is 10.3 Å². The number of halogens is 3. The predicted octanol–water partition coefficient (Wildman–Crippen LogP) is 1.14. The number of likely N-dealkylation sites (tertiary alicyclic amines) is 1. The predicted molar refractivity (Wildman–Crippen MR) is 73.7 cm³/mol. The molecule has 0 aliphatic carbocycles. The summed E-state index contributed by atoms with van der Waals surface area (Å²) in [7, 11) is 0. The van der Waals surface area contributed by atoms with Gasteiger partial charge in [-0.25, -0.2) is 4.98 Å². The van der Waals surface area contributed by atoms with Crippen LogP contribution in [-0.2, 0) is 16.1 Å². The number of anilines is 1. The molecule has 22 heavy (non-hydrogen) atoms. The van der Waals surface area contributed by atoms with Gasteiger partial charge in [0.1, 0.15) is 0 Å². The number of nitrogens with zero attached hydrogens (tertiary/aromatic N) is 2. The van der Waals surface area contributed by atoms with Gasteiger partial charge in [-0.2, -0.15) is 13.2 Å². The molecule has 122 valence electrons. The molecule has 1 aromatic rings. The van der Waals surface area contributed by atoms with E-state index in [0.29, 0.717) is 10.8 Å². The number of nitrogens with two attached hydrogens (primary N) is 1. The van der Waals surface area contributed by atoms with Crippen molar-refractivity contribution in [3.05, 3.63) is 11.1 Å². The number of nitrogen functional groups attached to an aromatic ring is 1. The van der Waals surface area contributed by atoms with Gasteiger partial charge in [0.15, 0.2) is 5.13 Å². The van der Waals surface area contributed by atoms with Crippen molar-refractivity contribution in [2.75, 3.05) is 18.8 Å². The van der Waals surface area contributed by atoms with E-state index in [-0.39, 0.29) is 38.4 Å². The minimum atomic E-state index is -4.86. The van der Waals surface area contributed by atoms with Crippen molar-refractivity contribution in [1.82, 2.24) is 15.2 Å². The Morgan fingerprint density at radius 3 is 2.55 bits per heavy atom. The molecule has 0 atom stereocenters. The molecule has 0 unspecified atom stereocenters. The van der Waals surface area contributed by atoms with Gasteiger partial charge in [-0.3, -0.25) is 9.59 Å². The number of nitrogens with one attached hydrogen (secondary N) is 1. The Bertz CT molecular complexity index is 553. The van der Waals surface area contributed by atoms with E-state index in [9.17, 15) is 22.8 Å². The first-order valence-corrected chi connectivity index (χ1v) is 7.49. The van der Waals surface area contributed by atoms with Crippen LogP contribution in [0.15, 0.2) is 5.38 Å². The van der Waals surface area contributed by atoms with Gasteiger partial charge in [0.2, 0.25) is 5.91 Å². The fraction of sp³-hybridized carbons (Fsp3) is 0.583. The van der Waals surface area contributed by atoms with Crippen LogP contribution in [0, 0.1) is 5.92 Å². The van der Waals surface area contributed by atoms with Crippen LogP contribution in [0.25, 0.3) is 0 Å². The van der Waals surface area contributed by atoms with E-state index in [1.807, 2.05) is 0 Å². The zero-order valence-corrected chi connectivity index (χ0v) is 12.3. The quantitative estimate of drug-likeness (QED) is 0.866. The molecule has 2 rings (SSSR count). The summed E-state index contributed by atoms with van der Waals surface area (Å²) in [6.45, 7) is 0.0917. The fourth-order valence-electron chi connectivity index (χ4n) is 2.25. The van der Waals surface area contributed by atoms with E-state index in [4.69, 9.17) is 5.73 Å². The van der Waals surface area contributed by atoms with Crippen molar-refractivity contribution < 1.29 is 22.8 Å². The van der Waals surface area contributed by atoms with Crippen LogP contribution < -0.4 is 11.1 Å². The van der Waals surface area contributed by atoms with Gasteiger partial charge >= 0.3 is 12.1 Å². The van der Waals surface area contributed by atoms with Crippen LogP contribution in [0.2, 0.25) is 0 Å². The van der Waals surface area contributed by atoms with Crippen LogP contribution in [-0.4, -0.2) is 41.0 Å². The molecule has 1 aromatic heterocycles. The highest BCUT2D eigenvalue weighted by molar-refractivity contribution is 7.13. The number of piperidine rings is 1. The molecule has 2 amide bonds. The SMILES string of the molecule is Nc1nc(CNC(=O)C2CCN(C(=O)C(F)(F)F)CC2)cs1. The average Bonchev–Trinajstić information content (AvgIpc) is 2.89. The number of carbonyl (C=O) groups excluding carboxylic acids is 2. The number of alkyl halides is 3. The number of hydrogen-bond acceptors (Lipinski definition) is 5. The number of hydrogen-bond donors (Lipinski definition) is 2. The molecule has 1 fully saturated rings. The Balaban J connectivity index is 1.79. The minimum absolute atomic E-state index is 0.0694. The van der Waals surface area contributed by atoms with Gasteiger partial charge in [0, 0.05) is 24.4 Å². The highest BCUT2D eigenvalue weighted by atomic mass is 32.1. The van der Waals surface area contributed by atoms with E-state index < -0.39 is 18.0 Å². The number of amides is 2. The van der Waals surface area contributed by atoms with Crippen molar-refractivity contribution >= 4 is 28.3 Å². The lowest BCUT2D eigenvalue weighted by molar-refractivity contribution is -0.186. The van der Waals surface area contributed by atoms with E-state index >= 15 is 0 Å². The minimum Gasteiger partial charge on any atom is -0.375 e. The second-order valence-electron chi connectivity index (χ2n) is 4.96. The Kier molecular flexibility index (Phi) is 4.89. The zero-order valence-electron chi connectivity index (χ0n) is 11.5. The van der Waals surface area contributed by atoms with Crippen LogP contribution >= 0.6 is 11.3 Å². The van der Waals surface area contributed by atoms with Crippen molar-refractivity contribution in [2.24, 2.45) is 5.92 Å². The third kappa shape index (κ3) is 4.09. The summed E-state index contributed by atoms with van der Waals surface area (Å²) in [5, 5.41) is 4.81. The number of carbonyl (C=O) groups is 2. The lowest BCUT2D eigenvalue weighted by atomic mass is 9.96. The zero-order chi connectivity index (χ0) is 16.3. The molecule has 10 heteroatoms. The molecule has 3 N–H and O–H groups in total. The molecule has 1 saturated heterocycles. The third-order valence-corrected chi connectivity index (χ3v) is 4.13. The van der Waals surface area contributed by atoms with E-state index in [0.717, 1.165) is 4.90 Å². The number of thiazole rings is 1. The first-order chi connectivity index (χ1) is 10.3. The smallest absolute Gasteiger partial charge is 0.375 e. The number of rotatable bonds is 3. The standard InChI is InChI=1S/C12H15F3N4O2S/c13-12(14,15)10(21)19-3-1-7(2-4-19)9(20)17-5-8-6-22-11(16)18-8/h6-7H,1-5H2,(H2,16,18)(H,17,20). The molecule has 0 bridgehead atoms. The van der Waals surface area contributed by atoms with Crippen molar-refractivity contribution in [2.45, 2.75) is 25.6 Å². The molecular weight excluding hydrogens is 321 g/mol. The van der Waals surface area contributed by atoms with Crippen molar-refractivity contribution in [3.63, 3.8) is 0 Å². The van der Waals surface area contributed by atoms with Crippen molar-refractivity contribution in [1.29, 1.82) is 0 Å². The summed E-state index contributed by atoms with van der Waals surface area (Å²) in [5.41, 5.74) is 6.11. The maximum atomic E-state index is 12.3. The fourth-order valence-corrected chi connectivity index (χ4v) is 2.81. The molecule has 1 aliphatic rings. The Morgan fingerprint density at radius 1 is 1.41 bits per heavy atom. The molecule has 0 spiro atoms. The molecule has 0 saturated carbocycles. The van der Waals surface area contributed by atoms with Gasteiger partial charge in [0.05, 0.1) is 12.2 Å². The molecule has 1 aliphatic heterocycles. The Morgan fingerprint density at radius 2 is 2.05 bits per heavy atom.